The topological polar surface area (TPSA) is 62.3 Å². The van der Waals surface area contributed by atoms with Gasteiger partial charge in [-0.05, 0) is 38.1 Å². The third-order valence-corrected chi connectivity index (χ3v) is 4.82. The maximum Gasteiger partial charge on any atom is 0.261 e. The van der Waals surface area contributed by atoms with Gasteiger partial charge in [-0.1, -0.05) is 6.92 Å². The van der Waals surface area contributed by atoms with E-state index in [0.29, 0.717) is 6.42 Å². The molecule has 0 radical (unpaired) electrons. The summed E-state index contributed by atoms with van der Waals surface area (Å²) in [6.07, 6.45) is 1.99. The second-order valence-electron chi connectivity index (χ2n) is 5.05. The minimum Gasteiger partial charge on any atom is -0.306 e. The molecule has 1 aliphatic heterocycles. The first-order valence-corrected chi connectivity index (χ1v) is 7.70. The maximum absolute atomic E-state index is 13.5. The molecule has 1 saturated heterocycles. The van der Waals surface area contributed by atoms with Crippen molar-refractivity contribution in [3.8, 4) is 0 Å². The lowest BCUT2D eigenvalue weighted by Gasteiger charge is -2.34. The zero-order valence-corrected chi connectivity index (χ0v) is 11.8. The summed E-state index contributed by atoms with van der Waals surface area (Å²) in [4.78, 5) is 5.77. The molecule has 2 atom stereocenters. The third-order valence-electron chi connectivity index (χ3n) is 3.39. The number of pyridine rings is 1. The number of piperidine rings is 1. The van der Waals surface area contributed by atoms with E-state index >= 15 is 0 Å². The summed E-state index contributed by atoms with van der Waals surface area (Å²) in [5, 5.41) is -0.527. The van der Waals surface area contributed by atoms with Crippen LogP contribution in [0.4, 0.5) is 4.39 Å². The van der Waals surface area contributed by atoms with Crippen LogP contribution in [0.5, 0.6) is 0 Å². The summed E-state index contributed by atoms with van der Waals surface area (Å²) in [7, 11) is -1.90. The van der Waals surface area contributed by atoms with Gasteiger partial charge >= 0.3 is 0 Å². The molecule has 1 aromatic rings. The van der Waals surface area contributed by atoms with Crippen LogP contribution < -0.4 is 4.72 Å². The molecule has 0 aliphatic carbocycles. The first-order chi connectivity index (χ1) is 8.90. The Kier molecular flexibility index (Phi) is 4.17. The minimum absolute atomic E-state index is 0.178. The van der Waals surface area contributed by atoms with Crippen molar-refractivity contribution in [2.75, 3.05) is 20.1 Å². The Morgan fingerprint density at radius 2 is 2.26 bits per heavy atom. The molecular weight excluding hydrogens is 269 g/mol. The molecule has 0 spiro atoms. The molecule has 19 heavy (non-hydrogen) atoms. The molecule has 2 rings (SSSR count). The second-order valence-corrected chi connectivity index (χ2v) is 6.68. The van der Waals surface area contributed by atoms with Crippen molar-refractivity contribution in [3.63, 3.8) is 0 Å². The van der Waals surface area contributed by atoms with E-state index in [1.54, 1.807) is 0 Å². The molecule has 1 aliphatic rings. The average Bonchev–Trinajstić information content (AvgIpc) is 2.33. The minimum atomic E-state index is -3.90. The van der Waals surface area contributed by atoms with Crippen molar-refractivity contribution < 1.29 is 12.8 Å². The van der Waals surface area contributed by atoms with Gasteiger partial charge in [0.25, 0.3) is 10.0 Å². The highest BCUT2D eigenvalue weighted by atomic mass is 32.2. The van der Waals surface area contributed by atoms with Gasteiger partial charge in [0.2, 0.25) is 5.03 Å². The summed E-state index contributed by atoms with van der Waals surface area (Å²) in [5.41, 5.74) is 0. The SMILES string of the molecule is CC1CN(C)CCC1NS(=O)(=O)c1ncccc1F. The van der Waals surface area contributed by atoms with Crippen molar-refractivity contribution in [2.45, 2.75) is 24.4 Å². The Balaban J connectivity index is 2.16. The van der Waals surface area contributed by atoms with Crippen LogP contribution >= 0.6 is 0 Å². The van der Waals surface area contributed by atoms with Crippen molar-refractivity contribution in [2.24, 2.45) is 5.92 Å². The Labute approximate surface area is 112 Å². The van der Waals surface area contributed by atoms with Gasteiger partial charge in [-0.25, -0.2) is 22.5 Å². The summed E-state index contributed by atoms with van der Waals surface area (Å²) >= 11 is 0. The van der Waals surface area contributed by atoms with Gasteiger partial charge in [0.1, 0.15) is 0 Å². The van der Waals surface area contributed by atoms with E-state index in [9.17, 15) is 12.8 Å². The Morgan fingerprint density at radius 3 is 2.89 bits per heavy atom. The standard InChI is InChI=1S/C12H18FN3O2S/c1-9-8-16(2)7-5-11(9)15-19(17,18)12-10(13)4-3-6-14-12/h3-4,6,9,11,15H,5,7-8H2,1-2H3. The van der Waals surface area contributed by atoms with Crippen LogP contribution in [0.15, 0.2) is 23.4 Å². The van der Waals surface area contributed by atoms with Gasteiger partial charge in [-0.15, -0.1) is 0 Å². The molecule has 5 nitrogen and oxygen atoms in total. The zero-order valence-electron chi connectivity index (χ0n) is 11.0. The van der Waals surface area contributed by atoms with Crippen LogP contribution in [-0.2, 0) is 10.0 Å². The van der Waals surface area contributed by atoms with E-state index in [-0.39, 0.29) is 12.0 Å². The zero-order chi connectivity index (χ0) is 14.0. The molecule has 7 heteroatoms. The number of rotatable bonds is 3. The van der Waals surface area contributed by atoms with Crippen LogP contribution in [0, 0.1) is 11.7 Å². The van der Waals surface area contributed by atoms with Crippen molar-refractivity contribution >= 4 is 10.0 Å². The molecular formula is C12H18FN3O2S. The predicted molar refractivity (Wildman–Crippen MR) is 69.6 cm³/mol. The maximum atomic E-state index is 13.5. The number of nitrogens with zero attached hydrogens (tertiary/aromatic N) is 2. The molecule has 0 aromatic carbocycles. The molecule has 2 unspecified atom stereocenters. The number of sulfonamides is 1. The quantitative estimate of drug-likeness (QED) is 0.895. The van der Waals surface area contributed by atoms with E-state index < -0.39 is 20.9 Å². The van der Waals surface area contributed by atoms with Gasteiger partial charge in [0.05, 0.1) is 0 Å². The molecule has 0 amide bonds. The van der Waals surface area contributed by atoms with Crippen LogP contribution in [0.2, 0.25) is 0 Å². The van der Waals surface area contributed by atoms with Gasteiger partial charge in [0, 0.05) is 18.8 Å². The largest absolute Gasteiger partial charge is 0.306 e. The van der Waals surface area contributed by atoms with Crippen LogP contribution in [0.1, 0.15) is 13.3 Å². The first-order valence-electron chi connectivity index (χ1n) is 6.21. The monoisotopic (exact) mass is 287 g/mol. The number of halogens is 1. The fraction of sp³-hybridized carbons (Fsp3) is 0.583. The van der Waals surface area contributed by atoms with E-state index in [4.69, 9.17) is 0 Å². The molecule has 106 valence electrons. The Morgan fingerprint density at radius 1 is 1.53 bits per heavy atom. The van der Waals surface area contributed by atoms with Crippen molar-refractivity contribution in [3.05, 3.63) is 24.1 Å². The smallest absolute Gasteiger partial charge is 0.261 e. The van der Waals surface area contributed by atoms with Gasteiger partial charge < -0.3 is 4.90 Å². The van der Waals surface area contributed by atoms with Crippen LogP contribution in [0.25, 0.3) is 0 Å². The highest BCUT2D eigenvalue weighted by Crippen LogP contribution is 2.18. The molecule has 2 heterocycles. The van der Waals surface area contributed by atoms with E-state index in [0.717, 1.165) is 19.2 Å². The number of aromatic nitrogens is 1. The predicted octanol–water partition coefficient (Wildman–Crippen LogP) is 0.839. The Bertz CT molecular complexity index is 550. The van der Waals surface area contributed by atoms with Gasteiger partial charge in [-0.3, -0.25) is 0 Å². The molecule has 1 aromatic heterocycles. The number of likely N-dealkylation sites (tertiary alicyclic amines) is 1. The van der Waals surface area contributed by atoms with E-state index in [2.05, 4.69) is 14.6 Å². The number of hydrogen-bond donors (Lipinski definition) is 1. The molecule has 0 saturated carbocycles. The van der Waals surface area contributed by atoms with Gasteiger partial charge in [-0.2, -0.15) is 0 Å². The fourth-order valence-corrected chi connectivity index (χ4v) is 3.74. The molecule has 1 N–H and O–H groups in total. The number of nitrogens with one attached hydrogen (secondary N) is 1. The van der Waals surface area contributed by atoms with Crippen LogP contribution in [-0.4, -0.2) is 44.5 Å². The second kappa shape index (κ2) is 5.52. The normalized spacial score (nSPS) is 25.4. The highest BCUT2D eigenvalue weighted by molar-refractivity contribution is 7.89. The summed E-state index contributed by atoms with van der Waals surface area (Å²) < 4.78 is 40.3. The fourth-order valence-electron chi connectivity index (χ4n) is 2.35. The van der Waals surface area contributed by atoms with Crippen LogP contribution in [0.3, 0.4) is 0 Å². The first kappa shape index (κ1) is 14.4. The number of hydrogen-bond acceptors (Lipinski definition) is 4. The lowest BCUT2D eigenvalue weighted by Crippen LogP contribution is -2.49. The Hall–Kier alpha value is -1.05. The average molecular weight is 287 g/mol. The molecule has 0 bridgehead atoms. The lowest BCUT2D eigenvalue weighted by molar-refractivity contribution is 0.188. The van der Waals surface area contributed by atoms with Crippen molar-refractivity contribution in [1.29, 1.82) is 0 Å². The third kappa shape index (κ3) is 3.29. The molecule has 1 fully saturated rings. The summed E-state index contributed by atoms with van der Waals surface area (Å²) in [6.45, 7) is 3.62. The van der Waals surface area contributed by atoms with E-state index in [1.807, 2.05) is 14.0 Å². The lowest BCUT2D eigenvalue weighted by atomic mass is 9.95. The summed E-state index contributed by atoms with van der Waals surface area (Å²) in [5.74, 6) is -0.643. The summed E-state index contributed by atoms with van der Waals surface area (Å²) in [6, 6.07) is 2.29. The van der Waals surface area contributed by atoms with Crippen molar-refractivity contribution in [1.82, 2.24) is 14.6 Å². The van der Waals surface area contributed by atoms with Gasteiger partial charge in [0.15, 0.2) is 5.82 Å². The van der Waals surface area contributed by atoms with E-state index in [1.165, 1.54) is 12.3 Å². The highest BCUT2D eigenvalue weighted by Gasteiger charge is 2.30.